The van der Waals surface area contributed by atoms with Gasteiger partial charge in [-0.05, 0) is 29.8 Å². The first kappa shape index (κ1) is 20.4. The molecule has 27 heavy (non-hydrogen) atoms. The highest BCUT2D eigenvalue weighted by Crippen LogP contribution is 2.09. The number of Topliss-reactive ketones (excluding diaryl/α,β-unsaturated/α-hetero) is 1. The molecule has 0 saturated carbocycles. The lowest BCUT2D eigenvalue weighted by Crippen LogP contribution is -2.30. The van der Waals surface area contributed by atoms with Crippen molar-refractivity contribution in [3.63, 3.8) is 0 Å². The molecule has 0 aliphatic carbocycles. The molecular weight excluding hydrogens is 380 g/mol. The van der Waals surface area contributed by atoms with Crippen molar-refractivity contribution in [3.05, 3.63) is 76.7 Å². The quantitative estimate of drug-likeness (QED) is 0.547. The van der Waals surface area contributed by atoms with Gasteiger partial charge in [0.2, 0.25) is 10.0 Å². The summed E-state index contributed by atoms with van der Waals surface area (Å²) < 4.78 is 56.1. The highest BCUT2D eigenvalue weighted by Gasteiger charge is 2.14. The number of esters is 1. The Morgan fingerprint density at radius 1 is 1.04 bits per heavy atom. The summed E-state index contributed by atoms with van der Waals surface area (Å²) >= 11 is 0. The summed E-state index contributed by atoms with van der Waals surface area (Å²) in [6, 6.07) is 11.2. The highest BCUT2D eigenvalue weighted by atomic mass is 32.2. The maximum atomic E-state index is 13.1. The Balaban J connectivity index is 1.82. The van der Waals surface area contributed by atoms with Crippen LogP contribution >= 0.6 is 0 Å². The molecule has 0 aliphatic heterocycles. The number of sulfonamides is 1. The maximum absolute atomic E-state index is 13.1. The molecule has 2 rings (SSSR count). The van der Waals surface area contributed by atoms with Crippen LogP contribution in [0, 0.1) is 11.6 Å². The Bertz CT molecular complexity index is 959. The summed E-state index contributed by atoms with van der Waals surface area (Å²) in [4.78, 5) is 23.3. The van der Waals surface area contributed by atoms with E-state index in [1.807, 2.05) is 4.72 Å². The van der Waals surface area contributed by atoms with E-state index in [4.69, 9.17) is 0 Å². The predicted molar refractivity (Wildman–Crippen MR) is 94.0 cm³/mol. The topological polar surface area (TPSA) is 89.5 Å². The third-order valence-electron chi connectivity index (χ3n) is 3.26. The van der Waals surface area contributed by atoms with E-state index in [1.54, 1.807) is 30.3 Å². The number of ether oxygens (including phenoxy) is 1. The van der Waals surface area contributed by atoms with Gasteiger partial charge in [0.25, 0.3) is 0 Å². The van der Waals surface area contributed by atoms with Crippen LogP contribution in [0.15, 0.2) is 53.9 Å². The average molecular weight is 395 g/mol. The number of carbonyl (C=O) groups is 2. The molecule has 0 spiro atoms. The maximum Gasteiger partial charge on any atom is 0.321 e. The smallest absolute Gasteiger partial charge is 0.321 e. The van der Waals surface area contributed by atoms with E-state index in [-0.39, 0.29) is 5.56 Å². The molecule has 0 fully saturated rings. The van der Waals surface area contributed by atoms with Crippen molar-refractivity contribution in [1.29, 1.82) is 0 Å². The summed E-state index contributed by atoms with van der Waals surface area (Å²) in [5, 5.41) is 0.891. The predicted octanol–water partition coefficient (Wildman–Crippen LogP) is 2.28. The molecule has 1 N–H and O–H groups in total. The number of ketones is 1. The summed E-state index contributed by atoms with van der Waals surface area (Å²) in [7, 11) is -3.88. The lowest BCUT2D eigenvalue weighted by atomic mass is 10.1. The molecule has 0 aliphatic rings. The fourth-order valence-corrected chi connectivity index (χ4v) is 2.64. The molecule has 0 unspecified atom stereocenters. The molecule has 0 heterocycles. The lowest BCUT2D eigenvalue weighted by Gasteiger charge is -2.05. The van der Waals surface area contributed by atoms with Crippen molar-refractivity contribution in [1.82, 2.24) is 4.72 Å². The molecule has 0 aromatic heterocycles. The van der Waals surface area contributed by atoms with Gasteiger partial charge in [0.05, 0.1) is 0 Å². The number of carbonyl (C=O) groups excluding carboxylic acids is 2. The summed E-state index contributed by atoms with van der Waals surface area (Å²) in [6.45, 7) is -1.42. The lowest BCUT2D eigenvalue weighted by molar-refractivity contribution is -0.141. The highest BCUT2D eigenvalue weighted by molar-refractivity contribution is 7.92. The van der Waals surface area contributed by atoms with E-state index >= 15 is 0 Å². The fraction of sp³-hybridized carbons (Fsp3) is 0.111. The van der Waals surface area contributed by atoms with Gasteiger partial charge < -0.3 is 4.74 Å². The van der Waals surface area contributed by atoms with Crippen LogP contribution in [0.5, 0.6) is 0 Å². The van der Waals surface area contributed by atoms with Crippen LogP contribution in [0.25, 0.3) is 6.08 Å². The van der Waals surface area contributed by atoms with Crippen LogP contribution in [-0.4, -0.2) is 33.3 Å². The second-order valence-corrected chi connectivity index (χ2v) is 6.94. The van der Waals surface area contributed by atoms with Gasteiger partial charge in [-0.25, -0.2) is 21.9 Å². The van der Waals surface area contributed by atoms with E-state index in [2.05, 4.69) is 4.74 Å². The van der Waals surface area contributed by atoms with Crippen LogP contribution in [-0.2, 0) is 19.6 Å². The second-order valence-electron chi connectivity index (χ2n) is 5.29. The zero-order chi connectivity index (χ0) is 19.9. The van der Waals surface area contributed by atoms with Gasteiger partial charge in [0, 0.05) is 11.0 Å². The minimum atomic E-state index is -3.88. The van der Waals surface area contributed by atoms with Gasteiger partial charge in [-0.1, -0.05) is 30.3 Å². The molecule has 2 aromatic rings. The van der Waals surface area contributed by atoms with Crippen molar-refractivity contribution in [2.45, 2.75) is 0 Å². The van der Waals surface area contributed by atoms with E-state index in [0.717, 1.165) is 17.5 Å². The van der Waals surface area contributed by atoms with Gasteiger partial charge in [-0.15, -0.1) is 0 Å². The Morgan fingerprint density at radius 2 is 1.74 bits per heavy atom. The van der Waals surface area contributed by atoms with Gasteiger partial charge >= 0.3 is 5.97 Å². The first-order valence-electron chi connectivity index (χ1n) is 7.63. The van der Waals surface area contributed by atoms with Gasteiger partial charge in [-0.3, -0.25) is 9.59 Å². The van der Waals surface area contributed by atoms with Gasteiger partial charge in [0.1, 0.15) is 6.54 Å². The second kappa shape index (κ2) is 9.15. The van der Waals surface area contributed by atoms with Gasteiger partial charge in [-0.2, -0.15) is 0 Å². The van der Waals surface area contributed by atoms with Crippen molar-refractivity contribution >= 4 is 27.9 Å². The van der Waals surface area contributed by atoms with E-state index in [1.165, 1.54) is 6.08 Å². The number of hydrogen-bond donors (Lipinski definition) is 1. The molecule has 0 bridgehead atoms. The van der Waals surface area contributed by atoms with E-state index in [0.29, 0.717) is 11.6 Å². The molecule has 0 amide bonds. The summed E-state index contributed by atoms with van der Waals surface area (Å²) in [5.74, 6) is -4.07. The SMILES string of the molecule is O=C(CNS(=O)(=O)/C=C/c1ccccc1)OCC(=O)c1ccc(F)c(F)c1. The molecule has 6 nitrogen and oxygen atoms in total. The van der Waals surface area contributed by atoms with E-state index < -0.39 is 46.6 Å². The largest absolute Gasteiger partial charge is 0.456 e. The average Bonchev–Trinajstić information content (AvgIpc) is 2.66. The Morgan fingerprint density at radius 3 is 2.41 bits per heavy atom. The Kier molecular flexibility index (Phi) is 6.91. The minimum Gasteiger partial charge on any atom is -0.456 e. The van der Waals surface area contributed by atoms with Crippen LogP contribution < -0.4 is 4.72 Å². The Labute approximate surface area is 154 Å². The van der Waals surface area contributed by atoms with E-state index in [9.17, 15) is 26.8 Å². The van der Waals surface area contributed by atoms with Crippen molar-refractivity contribution < 1.29 is 31.5 Å². The molecule has 0 radical (unpaired) electrons. The van der Waals surface area contributed by atoms with Crippen LogP contribution in [0.4, 0.5) is 8.78 Å². The fourth-order valence-electron chi connectivity index (χ4n) is 1.89. The number of nitrogens with one attached hydrogen (secondary N) is 1. The molecule has 0 saturated heterocycles. The Hall–Kier alpha value is -2.91. The van der Waals surface area contributed by atoms with Crippen LogP contribution in [0.3, 0.4) is 0 Å². The standard InChI is InChI=1S/C18H15F2NO5S/c19-15-7-6-14(10-16(15)20)17(22)12-26-18(23)11-21-27(24,25)9-8-13-4-2-1-3-5-13/h1-10,21H,11-12H2/b9-8+. The van der Waals surface area contributed by atoms with Crippen molar-refractivity contribution in [2.24, 2.45) is 0 Å². The van der Waals surface area contributed by atoms with Crippen LogP contribution in [0.1, 0.15) is 15.9 Å². The number of hydrogen-bond acceptors (Lipinski definition) is 5. The molecule has 142 valence electrons. The molecule has 2 aromatic carbocycles. The summed E-state index contributed by atoms with van der Waals surface area (Å²) in [5.41, 5.74) is 0.482. The zero-order valence-electron chi connectivity index (χ0n) is 13.9. The zero-order valence-corrected chi connectivity index (χ0v) is 14.7. The number of rotatable bonds is 8. The third-order valence-corrected chi connectivity index (χ3v) is 4.30. The summed E-state index contributed by atoms with van der Waals surface area (Å²) in [6.07, 6.45) is 1.35. The third kappa shape index (κ3) is 6.72. The first-order valence-corrected chi connectivity index (χ1v) is 9.18. The van der Waals surface area contributed by atoms with Crippen molar-refractivity contribution in [2.75, 3.05) is 13.2 Å². The molecule has 0 atom stereocenters. The van der Waals surface area contributed by atoms with Crippen molar-refractivity contribution in [3.8, 4) is 0 Å². The minimum absolute atomic E-state index is 0.173. The van der Waals surface area contributed by atoms with Crippen LogP contribution in [0.2, 0.25) is 0 Å². The molecular formula is C18H15F2NO5S. The number of halogens is 2. The number of benzene rings is 2. The normalized spacial score (nSPS) is 11.5. The first-order chi connectivity index (χ1) is 12.8. The molecule has 9 heteroatoms. The van der Waals surface area contributed by atoms with Gasteiger partial charge in [0.15, 0.2) is 24.0 Å². The monoisotopic (exact) mass is 395 g/mol.